The molecule has 4 aromatic heterocycles. The van der Waals surface area contributed by atoms with E-state index in [-0.39, 0.29) is 22.8 Å². The Kier molecular flexibility index (Phi) is 9.66. The van der Waals surface area contributed by atoms with Gasteiger partial charge in [0.1, 0.15) is 0 Å². The minimum Gasteiger partial charge on any atom is -0.475 e. The number of carbonyl (C=O) groups is 2. The maximum Gasteiger partial charge on any atom is 0.490 e. The molecule has 1 aromatic carbocycles. The van der Waals surface area contributed by atoms with Gasteiger partial charge in [-0.1, -0.05) is 24.9 Å². The third-order valence-corrected chi connectivity index (χ3v) is 8.04. The molecule has 2 N–H and O–H groups in total. The van der Waals surface area contributed by atoms with Crippen LogP contribution in [-0.4, -0.2) is 52.0 Å². The lowest BCUT2D eigenvalue weighted by Gasteiger charge is -2.22. The van der Waals surface area contributed by atoms with E-state index < -0.39 is 30.7 Å². The van der Waals surface area contributed by atoms with Crippen LogP contribution in [0.15, 0.2) is 66.1 Å². The van der Waals surface area contributed by atoms with E-state index in [1.807, 2.05) is 29.9 Å². The van der Waals surface area contributed by atoms with Gasteiger partial charge >= 0.3 is 18.7 Å². The number of hydrogen-bond donors (Lipinski definition) is 2. The highest BCUT2D eigenvalue weighted by Crippen LogP contribution is 2.35. The topological polar surface area (TPSA) is 137 Å². The second-order valence-corrected chi connectivity index (χ2v) is 11.5. The molecule has 0 saturated heterocycles. The lowest BCUT2D eigenvalue weighted by molar-refractivity contribution is -0.192. The van der Waals surface area contributed by atoms with Crippen molar-refractivity contribution in [1.82, 2.24) is 28.9 Å². The van der Waals surface area contributed by atoms with E-state index in [4.69, 9.17) is 21.5 Å². The van der Waals surface area contributed by atoms with Gasteiger partial charge in [0, 0.05) is 53.0 Å². The summed E-state index contributed by atoms with van der Waals surface area (Å²) in [5.74, 6) is -3.44. The van der Waals surface area contributed by atoms with Crippen LogP contribution in [0.4, 0.5) is 27.6 Å². The Hall–Kier alpha value is -5.12. The third kappa shape index (κ3) is 7.07. The van der Waals surface area contributed by atoms with Gasteiger partial charge in [-0.25, -0.2) is 14.5 Å². The predicted octanol–water partition coefficient (Wildman–Crippen LogP) is 6.69. The number of aromatic nitrogens is 6. The molecule has 1 aliphatic heterocycles. The Labute approximate surface area is 273 Å². The molecule has 0 radical (unpaired) electrons. The van der Waals surface area contributed by atoms with Crippen LogP contribution in [0.25, 0.3) is 33.4 Å². The summed E-state index contributed by atoms with van der Waals surface area (Å²) in [5.41, 5.74) is 2.97. The molecule has 0 aliphatic carbocycles. The number of carboxylic acids is 1. The Morgan fingerprint density at radius 3 is 2.50 bits per heavy atom. The number of anilines is 1. The van der Waals surface area contributed by atoms with E-state index in [9.17, 15) is 31.5 Å². The van der Waals surface area contributed by atoms with Gasteiger partial charge in [-0.3, -0.25) is 19.1 Å². The van der Waals surface area contributed by atoms with Gasteiger partial charge in [0.05, 0.1) is 46.9 Å². The fourth-order valence-electron chi connectivity index (χ4n) is 5.50. The number of benzene rings is 1. The molecule has 252 valence electrons. The van der Waals surface area contributed by atoms with Crippen molar-refractivity contribution in [3.63, 3.8) is 0 Å². The van der Waals surface area contributed by atoms with Crippen molar-refractivity contribution < 1.29 is 36.6 Å². The number of halogens is 6. The van der Waals surface area contributed by atoms with Gasteiger partial charge < -0.3 is 15.0 Å². The maximum atomic E-state index is 13.9. The number of carbonyl (C=O) groups excluding carboxylic acids is 1. The minimum absolute atomic E-state index is 0.0666. The number of pyridine rings is 1. The van der Waals surface area contributed by atoms with Crippen molar-refractivity contribution >= 4 is 40.1 Å². The average molecular weight is 692 g/mol. The van der Waals surface area contributed by atoms with Crippen LogP contribution in [0.1, 0.15) is 44.5 Å². The Bertz CT molecular complexity index is 2060. The first-order chi connectivity index (χ1) is 22.6. The minimum atomic E-state index is -5.08. The molecule has 1 aliphatic rings. The number of aliphatic carboxylic acids is 1. The molecule has 1 amide bonds. The highest BCUT2D eigenvalue weighted by molar-refractivity contribution is 6.32. The van der Waals surface area contributed by atoms with Crippen LogP contribution in [0.5, 0.6) is 0 Å². The lowest BCUT2D eigenvalue weighted by Crippen LogP contribution is -2.27. The molecule has 0 unspecified atom stereocenters. The average Bonchev–Trinajstić information content (AvgIpc) is 3.62. The standard InChI is InChI=1S/C29H26ClF2N7O2.C2HF3O2/c1-16-4-3-5-24(22-11-17(6-8-33-22)27-23(36-28(16)41)14-35-39(27)29(31)32)38-15-34-21(13-25(38)40)20-12-19(30)10-18-7-9-37(2)26(18)20;3-2(4,5)1(6)7/h6-16,24,29H,3-5H2,1-2H3,(H,36,41);(H,6,7)/t16-,24+;/m1./s1. The normalized spacial score (nSPS) is 16.7. The zero-order valence-corrected chi connectivity index (χ0v) is 26.0. The fraction of sp³-hybridized carbons (Fsp3) is 0.290. The summed E-state index contributed by atoms with van der Waals surface area (Å²) in [6.45, 7) is -1.14. The first-order valence-corrected chi connectivity index (χ1v) is 14.8. The Morgan fingerprint density at radius 1 is 1.10 bits per heavy atom. The number of aryl methyl sites for hydroxylation is 1. The molecular formula is C31H27ClF5N7O4. The molecule has 6 rings (SSSR count). The second-order valence-electron chi connectivity index (χ2n) is 11.1. The molecule has 2 bridgehead atoms. The van der Waals surface area contributed by atoms with Crippen molar-refractivity contribution in [2.24, 2.45) is 13.0 Å². The first-order valence-electron chi connectivity index (χ1n) is 14.4. The first kappa shape index (κ1) is 34.2. The van der Waals surface area contributed by atoms with Crippen molar-refractivity contribution in [3.8, 4) is 22.5 Å². The van der Waals surface area contributed by atoms with Gasteiger partial charge in [-0.2, -0.15) is 27.1 Å². The third-order valence-electron chi connectivity index (χ3n) is 7.82. The number of alkyl halides is 5. The van der Waals surface area contributed by atoms with Crippen molar-refractivity contribution in [2.45, 2.75) is 45.0 Å². The van der Waals surface area contributed by atoms with E-state index in [2.05, 4.69) is 20.4 Å². The second kappa shape index (κ2) is 13.5. The van der Waals surface area contributed by atoms with Gasteiger partial charge in [-0.05, 0) is 43.2 Å². The number of carboxylic acid groups (broad SMARTS) is 1. The van der Waals surface area contributed by atoms with Crippen LogP contribution >= 0.6 is 11.6 Å². The van der Waals surface area contributed by atoms with Crippen LogP contribution < -0.4 is 10.9 Å². The van der Waals surface area contributed by atoms with Crippen LogP contribution in [0, 0.1) is 5.92 Å². The molecule has 48 heavy (non-hydrogen) atoms. The van der Waals surface area contributed by atoms with E-state index in [1.54, 1.807) is 25.1 Å². The molecule has 2 atom stereocenters. The largest absolute Gasteiger partial charge is 0.490 e. The number of amides is 1. The summed E-state index contributed by atoms with van der Waals surface area (Å²) >= 11 is 6.37. The van der Waals surface area contributed by atoms with E-state index in [1.165, 1.54) is 29.4 Å². The van der Waals surface area contributed by atoms with Crippen LogP contribution in [-0.2, 0) is 16.6 Å². The van der Waals surface area contributed by atoms with E-state index in [0.717, 1.165) is 16.5 Å². The quantitative estimate of drug-likeness (QED) is 0.201. The number of fused-ring (bicyclic) bond motifs is 5. The molecule has 11 nitrogen and oxygen atoms in total. The Balaban J connectivity index is 0.000000582. The smallest absolute Gasteiger partial charge is 0.475 e. The van der Waals surface area contributed by atoms with Crippen LogP contribution in [0.3, 0.4) is 0 Å². The van der Waals surface area contributed by atoms with Crippen molar-refractivity contribution in [2.75, 3.05) is 5.32 Å². The zero-order valence-electron chi connectivity index (χ0n) is 25.2. The van der Waals surface area contributed by atoms with Crippen LogP contribution in [0.2, 0.25) is 5.02 Å². The van der Waals surface area contributed by atoms with E-state index >= 15 is 0 Å². The monoisotopic (exact) mass is 691 g/mol. The van der Waals surface area contributed by atoms with Gasteiger partial charge in [0.15, 0.2) is 0 Å². The van der Waals surface area contributed by atoms with Crippen molar-refractivity contribution in [1.29, 1.82) is 0 Å². The highest BCUT2D eigenvalue weighted by atomic mass is 35.5. The molecule has 5 heterocycles. The highest BCUT2D eigenvalue weighted by Gasteiger charge is 2.38. The zero-order chi connectivity index (χ0) is 34.9. The molecule has 17 heteroatoms. The SMILES string of the molecule is C[C@@H]1CCC[C@H](n2cnc(-c3cc(Cl)cc4ccn(C)c34)cc2=O)c2cc(ccn2)-c2c(cnn2C(F)F)NC1=O.O=C(O)C(F)(F)F. The molecule has 5 aromatic rings. The summed E-state index contributed by atoms with van der Waals surface area (Å²) in [7, 11) is 1.91. The summed E-state index contributed by atoms with van der Waals surface area (Å²) in [4.78, 5) is 44.6. The number of hydrogen-bond acceptors (Lipinski definition) is 6. The lowest BCUT2D eigenvalue weighted by atomic mass is 9.97. The number of nitrogens with zero attached hydrogens (tertiary/aromatic N) is 6. The fourth-order valence-corrected chi connectivity index (χ4v) is 5.72. The molecule has 0 fully saturated rings. The molecular weight excluding hydrogens is 665 g/mol. The number of rotatable bonds is 3. The predicted molar refractivity (Wildman–Crippen MR) is 166 cm³/mol. The van der Waals surface area contributed by atoms with Gasteiger partial charge in [-0.15, -0.1) is 0 Å². The maximum absolute atomic E-state index is 13.9. The Morgan fingerprint density at radius 2 is 1.83 bits per heavy atom. The summed E-state index contributed by atoms with van der Waals surface area (Å²) in [6, 6.07) is 9.76. The summed E-state index contributed by atoms with van der Waals surface area (Å²) < 4.78 is 63.5. The number of nitrogens with one attached hydrogen (secondary N) is 1. The van der Waals surface area contributed by atoms with Gasteiger partial charge in [0.2, 0.25) is 5.91 Å². The molecule has 0 spiro atoms. The van der Waals surface area contributed by atoms with Crippen molar-refractivity contribution in [3.05, 3.63) is 82.4 Å². The van der Waals surface area contributed by atoms with Gasteiger partial charge in [0.25, 0.3) is 5.56 Å². The summed E-state index contributed by atoms with van der Waals surface area (Å²) in [5, 5.41) is 15.2. The molecule has 0 saturated carbocycles. The van der Waals surface area contributed by atoms with E-state index in [0.29, 0.717) is 45.9 Å². The summed E-state index contributed by atoms with van der Waals surface area (Å²) in [6.07, 6.45) is 2.67.